The summed E-state index contributed by atoms with van der Waals surface area (Å²) in [6, 6.07) is 5.53. The van der Waals surface area contributed by atoms with Gasteiger partial charge in [0.2, 0.25) is 5.95 Å². The van der Waals surface area contributed by atoms with Crippen LogP contribution in [0, 0.1) is 6.92 Å². The fraction of sp³-hybridized carbons (Fsp3) is 0.333. The van der Waals surface area contributed by atoms with E-state index in [0.717, 1.165) is 36.8 Å². The van der Waals surface area contributed by atoms with Crippen molar-refractivity contribution in [3.63, 3.8) is 0 Å². The molecule has 4 rings (SSSR count). The van der Waals surface area contributed by atoms with E-state index < -0.39 is 0 Å². The molecule has 1 aliphatic rings. The molecule has 0 amide bonds. The first-order valence-corrected chi connectivity index (χ1v) is 8.46. The minimum absolute atomic E-state index is 0.100. The highest BCUT2D eigenvalue weighted by molar-refractivity contribution is 5.86. The van der Waals surface area contributed by atoms with E-state index >= 15 is 0 Å². The number of hydrogen-bond donors (Lipinski definition) is 2. The zero-order valence-electron chi connectivity index (χ0n) is 14.1. The van der Waals surface area contributed by atoms with Crippen LogP contribution < -0.4 is 17.0 Å². The highest BCUT2D eigenvalue weighted by Gasteiger charge is 2.24. The molecule has 1 aliphatic carbocycles. The third kappa shape index (κ3) is 2.52. The lowest BCUT2D eigenvalue weighted by molar-refractivity contribution is 0.516. The second-order valence-corrected chi connectivity index (χ2v) is 6.51. The average Bonchev–Trinajstić information content (AvgIpc) is 3.09. The van der Waals surface area contributed by atoms with E-state index in [2.05, 4.69) is 15.0 Å². The summed E-state index contributed by atoms with van der Waals surface area (Å²) in [7, 11) is 0. The molecule has 1 saturated carbocycles. The third-order valence-electron chi connectivity index (χ3n) is 4.92. The SMILES string of the molecule is Cc1nc(N)nc2c1cc(-c1cccnc1N)c(=O)n2C1CCCC1. The predicted molar refractivity (Wildman–Crippen MR) is 98.1 cm³/mol. The molecule has 1 fully saturated rings. The lowest BCUT2D eigenvalue weighted by Crippen LogP contribution is -2.26. The normalized spacial score (nSPS) is 15.1. The van der Waals surface area contributed by atoms with Gasteiger partial charge in [-0.1, -0.05) is 12.8 Å². The van der Waals surface area contributed by atoms with Crippen LogP contribution in [0.1, 0.15) is 37.4 Å². The number of nitrogens with two attached hydrogens (primary N) is 2. The van der Waals surface area contributed by atoms with Gasteiger partial charge in [-0.15, -0.1) is 0 Å². The molecule has 0 radical (unpaired) electrons. The minimum Gasteiger partial charge on any atom is -0.383 e. The summed E-state index contributed by atoms with van der Waals surface area (Å²) >= 11 is 0. The van der Waals surface area contributed by atoms with Crippen LogP contribution in [0.5, 0.6) is 0 Å². The molecule has 3 aromatic rings. The fourth-order valence-corrected chi connectivity index (χ4v) is 3.71. The Labute approximate surface area is 144 Å². The summed E-state index contributed by atoms with van der Waals surface area (Å²) in [6.45, 7) is 1.88. The number of hydrogen-bond acceptors (Lipinski definition) is 6. The zero-order chi connectivity index (χ0) is 17.6. The number of nitrogens with zero attached hydrogens (tertiary/aromatic N) is 4. The summed E-state index contributed by atoms with van der Waals surface area (Å²) < 4.78 is 1.79. The van der Waals surface area contributed by atoms with Gasteiger partial charge >= 0.3 is 0 Å². The zero-order valence-corrected chi connectivity index (χ0v) is 14.1. The smallest absolute Gasteiger partial charge is 0.260 e. The molecule has 0 aromatic carbocycles. The lowest BCUT2D eigenvalue weighted by Gasteiger charge is -2.19. The monoisotopic (exact) mass is 336 g/mol. The topological polar surface area (TPSA) is 113 Å². The maximum absolute atomic E-state index is 13.3. The maximum Gasteiger partial charge on any atom is 0.260 e. The summed E-state index contributed by atoms with van der Waals surface area (Å²) in [5, 5.41) is 0.818. The van der Waals surface area contributed by atoms with Crippen molar-refractivity contribution in [3.05, 3.63) is 40.4 Å². The molecule has 0 aliphatic heterocycles. The van der Waals surface area contributed by atoms with E-state index in [1.807, 2.05) is 19.1 Å². The van der Waals surface area contributed by atoms with E-state index in [1.165, 1.54) is 0 Å². The standard InChI is InChI=1S/C18H20N6O/c1-10-13-9-14(12-7-4-8-21-15(12)19)17(25)24(11-5-2-3-6-11)16(13)23-18(20)22-10/h4,7-9,11H,2-3,5-6H2,1H3,(H2,19,21)(H2,20,22,23). The predicted octanol–water partition coefficient (Wildman–Crippen LogP) is 2.44. The van der Waals surface area contributed by atoms with Crippen molar-refractivity contribution in [2.75, 3.05) is 11.5 Å². The van der Waals surface area contributed by atoms with Crippen LogP contribution in [0.4, 0.5) is 11.8 Å². The molecule has 128 valence electrons. The van der Waals surface area contributed by atoms with E-state index in [0.29, 0.717) is 22.6 Å². The molecule has 4 N–H and O–H groups in total. The van der Waals surface area contributed by atoms with Gasteiger partial charge in [0.05, 0.1) is 11.3 Å². The van der Waals surface area contributed by atoms with Crippen LogP contribution in [0.25, 0.3) is 22.2 Å². The third-order valence-corrected chi connectivity index (χ3v) is 4.92. The van der Waals surface area contributed by atoms with Gasteiger partial charge in [-0.3, -0.25) is 9.36 Å². The fourth-order valence-electron chi connectivity index (χ4n) is 3.71. The Morgan fingerprint density at radius 1 is 1.16 bits per heavy atom. The van der Waals surface area contributed by atoms with E-state index in [9.17, 15) is 4.79 Å². The molecular weight excluding hydrogens is 316 g/mol. The Morgan fingerprint density at radius 2 is 1.92 bits per heavy atom. The van der Waals surface area contributed by atoms with Crippen molar-refractivity contribution in [2.24, 2.45) is 0 Å². The summed E-state index contributed by atoms with van der Waals surface area (Å²) in [5.41, 5.74) is 14.3. The van der Waals surface area contributed by atoms with Gasteiger partial charge < -0.3 is 11.5 Å². The van der Waals surface area contributed by atoms with Crippen LogP contribution in [-0.2, 0) is 0 Å². The van der Waals surface area contributed by atoms with Crippen molar-refractivity contribution in [1.82, 2.24) is 19.5 Å². The molecule has 7 nitrogen and oxygen atoms in total. The molecule has 0 atom stereocenters. The molecule has 0 spiro atoms. The Hall–Kier alpha value is -2.96. The van der Waals surface area contributed by atoms with Crippen molar-refractivity contribution in [1.29, 1.82) is 0 Å². The summed E-state index contributed by atoms with van der Waals surface area (Å²) in [6.07, 6.45) is 5.76. The van der Waals surface area contributed by atoms with Crippen LogP contribution in [0.3, 0.4) is 0 Å². The number of nitrogen functional groups attached to an aromatic ring is 2. The Bertz CT molecular complexity index is 1020. The Balaban J connectivity index is 2.11. The van der Waals surface area contributed by atoms with Gasteiger partial charge in [0.25, 0.3) is 5.56 Å². The molecule has 3 aromatic heterocycles. The molecule has 0 bridgehead atoms. The van der Waals surface area contributed by atoms with Crippen molar-refractivity contribution >= 4 is 22.8 Å². The van der Waals surface area contributed by atoms with E-state index in [-0.39, 0.29) is 17.5 Å². The summed E-state index contributed by atoms with van der Waals surface area (Å²) in [5.74, 6) is 0.524. The highest BCUT2D eigenvalue weighted by atomic mass is 16.1. The highest BCUT2D eigenvalue weighted by Crippen LogP contribution is 2.33. The molecule has 0 saturated heterocycles. The van der Waals surface area contributed by atoms with Crippen LogP contribution in [0.15, 0.2) is 29.2 Å². The second kappa shape index (κ2) is 5.84. The number of anilines is 2. The lowest BCUT2D eigenvalue weighted by atomic mass is 10.0. The molecule has 0 unspecified atom stereocenters. The average molecular weight is 336 g/mol. The van der Waals surface area contributed by atoms with E-state index in [1.54, 1.807) is 16.8 Å². The largest absolute Gasteiger partial charge is 0.383 e. The van der Waals surface area contributed by atoms with Crippen molar-refractivity contribution in [3.8, 4) is 11.1 Å². The summed E-state index contributed by atoms with van der Waals surface area (Å²) in [4.78, 5) is 26.1. The molecule has 7 heteroatoms. The second-order valence-electron chi connectivity index (χ2n) is 6.51. The van der Waals surface area contributed by atoms with Gasteiger partial charge in [0.15, 0.2) is 0 Å². The first-order valence-electron chi connectivity index (χ1n) is 8.46. The van der Waals surface area contributed by atoms with Crippen molar-refractivity contribution < 1.29 is 0 Å². The van der Waals surface area contributed by atoms with Gasteiger partial charge in [0, 0.05) is 23.2 Å². The number of pyridine rings is 2. The molecule has 25 heavy (non-hydrogen) atoms. The van der Waals surface area contributed by atoms with Gasteiger partial charge in [-0.25, -0.2) is 9.97 Å². The number of fused-ring (bicyclic) bond motifs is 1. The first kappa shape index (κ1) is 15.6. The maximum atomic E-state index is 13.3. The van der Waals surface area contributed by atoms with E-state index in [4.69, 9.17) is 11.5 Å². The Morgan fingerprint density at radius 3 is 2.64 bits per heavy atom. The van der Waals surface area contributed by atoms with Gasteiger partial charge in [-0.05, 0) is 38.0 Å². The molecular formula is C18H20N6O. The first-order chi connectivity index (χ1) is 12.1. The number of rotatable bonds is 2. The van der Waals surface area contributed by atoms with Crippen LogP contribution in [-0.4, -0.2) is 19.5 Å². The van der Waals surface area contributed by atoms with Gasteiger partial charge in [-0.2, -0.15) is 4.98 Å². The number of aromatic nitrogens is 4. The van der Waals surface area contributed by atoms with Gasteiger partial charge in [0.1, 0.15) is 11.5 Å². The minimum atomic E-state index is -0.100. The van der Waals surface area contributed by atoms with Crippen LogP contribution in [0.2, 0.25) is 0 Å². The van der Waals surface area contributed by atoms with Crippen molar-refractivity contribution in [2.45, 2.75) is 38.6 Å². The Kier molecular flexibility index (Phi) is 3.63. The number of aryl methyl sites for hydroxylation is 1. The van der Waals surface area contributed by atoms with Crippen LogP contribution >= 0.6 is 0 Å². The molecule has 3 heterocycles. The quantitative estimate of drug-likeness (QED) is 0.743.